The summed E-state index contributed by atoms with van der Waals surface area (Å²) in [5.41, 5.74) is 3.63. The zero-order valence-corrected chi connectivity index (χ0v) is 16.4. The van der Waals surface area contributed by atoms with Crippen molar-refractivity contribution in [1.82, 2.24) is 5.32 Å². The quantitative estimate of drug-likeness (QED) is 0.544. The highest BCUT2D eigenvalue weighted by Gasteiger charge is 2.12. The summed E-state index contributed by atoms with van der Waals surface area (Å²) < 4.78 is 10.9. The van der Waals surface area contributed by atoms with Crippen LogP contribution < -0.4 is 14.8 Å². The molecule has 0 saturated heterocycles. The van der Waals surface area contributed by atoms with Crippen LogP contribution >= 0.6 is 12.2 Å². The maximum Gasteiger partial charge on any atom is 0.162 e. The third-order valence-corrected chi connectivity index (χ3v) is 4.48. The van der Waals surface area contributed by atoms with Gasteiger partial charge in [0.05, 0.1) is 12.1 Å². The van der Waals surface area contributed by atoms with Gasteiger partial charge in [0, 0.05) is 13.0 Å². The highest BCUT2D eigenvalue weighted by molar-refractivity contribution is 7.80. The molecule has 0 aromatic heterocycles. The van der Waals surface area contributed by atoms with Gasteiger partial charge in [-0.1, -0.05) is 61.0 Å². The molecule has 0 aliphatic rings. The minimum atomic E-state index is 0.221. The summed E-state index contributed by atoms with van der Waals surface area (Å²) in [7, 11) is 1.63. The molecule has 136 valence electrons. The van der Waals surface area contributed by atoms with Crippen LogP contribution in [0.4, 0.5) is 0 Å². The lowest BCUT2D eigenvalue weighted by Gasteiger charge is -2.16. The van der Waals surface area contributed by atoms with Crippen molar-refractivity contribution in [2.24, 2.45) is 0 Å². The summed E-state index contributed by atoms with van der Waals surface area (Å²) in [6, 6.07) is 14.4. The first-order chi connectivity index (χ1) is 12.5. The van der Waals surface area contributed by atoms with Crippen LogP contribution in [0, 0.1) is 19.3 Å². The first-order valence-corrected chi connectivity index (χ1v) is 9.00. The molecule has 0 saturated carbocycles. The molecular weight excluding hydrogens is 342 g/mol. The highest BCUT2D eigenvalue weighted by atomic mass is 32.1. The van der Waals surface area contributed by atoms with Gasteiger partial charge in [0.25, 0.3) is 0 Å². The monoisotopic (exact) mass is 367 g/mol. The van der Waals surface area contributed by atoms with Crippen LogP contribution in [0.3, 0.4) is 0 Å². The van der Waals surface area contributed by atoms with Gasteiger partial charge < -0.3 is 14.8 Å². The first-order valence-electron chi connectivity index (χ1n) is 8.60. The van der Waals surface area contributed by atoms with Crippen LogP contribution in [0.15, 0.2) is 42.5 Å². The van der Waals surface area contributed by atoms with Crippen LogP contribution in [0.2, 0.25) is 0 Å². The summed E-state index contributed by atoms with van der Waals surface area (Å²) in [6.45, 7) is 5.20. The van der Waals surface area contributed by atoms with Crippen molar-refractivity contribution in [3.8, 4) is 23.8 Å². The third kappa shape index (κ3) is 5.79. The van der Waals surface area contributed by atoms with E-state index in [0.29, 0.717) is 11.5 Å². The molecule has 0 amide bonds. The molecule has 0 aliphatic heterocycles. The summed E-state index contributed by atoms with van der Waals surface area (Å²) in [6.07, 6.45) is 6.01. The molecule has 0 bridgehead atoms. The predicted octanol–water partition coefficient (Wildman–Crippen LogP) is 4.63. The minimum Gasteiger partial charge on any atom is -0.493 e. The number of nitrogens with one attached hydrogen (secondary N) is 1. The Morgan fingerprint density at radius 1 is 1.19 bits per heavy atom. The zero-order chi connectivity index (χ0) is 18.9. The van der Waals surface area contributed by atoms with E-state index in [2.05, 4.69) is 49.4 Å². The maximum atomic E-state index is 5.51. The van der Waals surface area contributed by atoms with E-state index in [4.69, 9.17) is 28.1 Å². The van der Waals surface area contributed by atoms with Crippen molar-refractivity contribution >= 4 is 17.2 Å². The molecule has 2 aromatic rings. The highest BCUT2D eigenvalue weighted by Crippen LogP contribution is 2.32. The Morgan fingerprint density at radius 3 is 2.58 bits per heavy atom. The zero-order valence-electron chi connectivity index (χ0n) is 15.5. The molecule has 2 aromatic carbocycles. The topological polar surface area (TPSA) is 30.5 Å². The smallest absolute Gasteiger partial charge is 0.162 e. The largest absolute Gasteiger partial charge is 0.493 e. The molecule has 1 N–H and O–H groups in total. The van der Waals surface area contributed by atoms with E-state index in [1.54, 1.807) is 7.11 Å². The van der Waals surface area contributed by atoms with Crippen LogP contribution in [0.1, 0.15) is 36.0 Å². The van der Waals surface area contributed by atoms with Gasteiger partial charge >= 0.3 is 0 Å². The van der Waals surface area contributed by atoms with E-state index in [9.17, 15) is 0 Å². The Labute approximate surface area is 161 Å². The van der Waals surface area contributed by atoms with Crippen LogP contribution in [-0.4, -0.2) is 18.7 Å². The number of thiocarbonyl (C=S) groups is 1. The van der Waals surface area contributed by atoms with Crippen molar-refractivity contribution in [1.29, 1.82) is 0 Å². The fraction of sp³-hybridized carbons (Fsp3) is 0.318. The van der Waals surface area contributed by atoms with Crippen LogP contribution in [0.5, 0.6) is 11.5 Å². The standard InChI is InChI=1S/C22H25NO2S/c1-5-12-25-20-11-10-19(14-21(20)24-4)17(3)13-22(26)23-15-18-8-6-16(2)7-9-18/h1,6-11,14,17H,12-13,15H2,2-4H3,(H,23,26). The number of hydrogen-bond acceptors (Lipinski definition) is 3. The molecule has 4 heteroatoms. The molecule has 0 spiro atoms. The van der Waals surface area contributed by atoms with Crippen molar-refractivity contribution in [3.63, 3.8) is 0 Å². The van der Waals surface area contributed by atoms with Crippen molar-refractivity contribution in [2.75, 3.05) is 13.7 Å². The van der Waals surface area contributed by atoms with E-state index in [1.807, 2.05) is 18.2 Å². The Morgan fingerprint density at radius 2 is 1.92 bits per heavy atom. The van der Waals surface area contributed by atoms with Gasteiger partial charge in [0.2, 0.25) is 0 Å². The fourth-order valence-corrected chi connectivity index (χ4v) is 2.93. The van der Waals surface area contributed by atoms with Gasteiger partial charge in [-0.3, -0.25) is 0 Å². The van der Waals surface area contributed by atoms with Crippen LogP contribution in [0.25, 0.3) is 0 Å². The van der Waals surface area contributed by atoms with Gasteiger partial charge in [-0.25, -0.2) is 0 Å². The molecule has 0 aliphatic carbocycles. The second kappa shape index (κ2) is 9.84. The van der Waals surface area contributed by atoms with E-state index in [-0.39, 0.29) is 12.5 Å². The molecule has 26 heavy (non-hydrogen) atoms. The number of hydrogen-bond donors (Lipinski definition) is 1. The van der Waals surface area contributed by atoms with Crippen molar-refractivity contribution < 1.29 is 9.47 Å². The van der Waals surface area contributed by atoms with Gasteiger partial charge in [0.15, 0.2) is 11.5 Å². The van der Waals surface area contributed by atoms with E-state index in [0.717, 1.165) is 23.5 Å². The number of terminal acetylenes is 1. The van der Waals surface area contributed by atoms with Crippen molar-refractivity contribution in [3.05, 3.63) is 59.2 Å². The summed E-state index contributed by atoms with van der Waals surface area (Å²) in [4.78, 5) is 0.852. The Bertz CT molecular complexity index is 778. The van der Waals surface area contributed by atoms with Gasteiger partial charge in [0.1, 0.15) is 6.61 Å². The molecule has 2 rings (SSSR count). The second-order valence-electron chi connectivity index (χ2n) is 6.27. The fourth-order valence-electron chi connectivity index (χ4n) is 2.60. The molecule has 1 atom stereocenters. The summed E-state index contributed by atoms with van der Waals surface area (Å²) in [5, 5.41) is 3.34. The predicted molar refractivity (Wildman–Crippen MR) is 111 cm³/mol. The molecule has 0 heterocycles. The average Bonchev–Trinajstić information content (AvgIpc) is 2.65. The summed E-state index contributed by atoms with van der Waals surface area (Å²) >= 11 is 5.51. The van der Waals surface area contributed by atoms with Crippen molar-refractivity contribution in [2.45, 2.75) is 32.7 Å². The lowest BCUT2D eigenvalue weighted by molar-refractivity contribution is 0.330. The van der Waals surface area contributed by atoms with Crippen LogP contribution in [-0.2, 0) is 6.54 Å². The number of rotatable bonds is 8. The van der Waals surface area contributed by atoms with Gasteiger partial charge in [-0.15, -0.1) is 6.42 Å². The lowest BCUT2D eigenvalue weighted by Crippen LogP contribution is -2.22. The van der Waals surface area contributed by atoms with Gasteiger partial charge in [-0.2, -0.15) is 0 Å². The average molecular weight is 368 g/mol. The number of ether oxygens (including phenoxy) is 2. The van der Waals surface area contributed by atoms with E-state index in [1.165, 1.54) is 11.1 Å². The normalized spacial score (nSPS) is 11.3. The number of aryl methyl sites for hydroxylation is 1. The lowest BCUT2D eigenvalue weighted by atomic mass is 9.97. The molecular formula is C22H25NO2S. The molecule has 0 fully saturated rings. The second-order valence-corrected chi connectivity index (χ2v) is 6.76. The Kier molecular flexibility index (Phi) is 7.50. The number of methoxy groups -OCH3 is 1. The molecule has 3 nitrogen and oxygen atoms in total. The molecule has 1 unspecified atom stereocenters. The van der Waals surface area contributed by atoms with E-state index >= 15 is 0 Å². The first kappa shape index (κ1) is 19.8. The maximum absolute atomic E-state index is 5.51. The van der Waals surface area contributed by atoms with E-state index < -0.39 is 0 Å². The minimum absolute atomic E-state index is 0.221. The Balaban J connectivity index is 1.93. The Hall–Kier alpha value is -2.51. The summed E-state index contributed by atoms with van der Waals surface area (Å²) in [5.74, 6) is 4.06. The third-order valence-electron chi connectivity index (χ3n) is 4.17. The van der Waals surface area contributed by atoms with Gasteiger partial charge in [-0.05, 0) is 36.1 Å². The SMILES string of the molecule is C#CCOc1ccc(C(C)CC(=S)NCc2ccc(C)cc2)cc1OC. The number of benzene rings is 2. The molecule has 0 radical (unpaired) electrons.